The molecule has 1 aliphatic heterocycles. The van der Waals surface area contributed by atoms with Gasteiger partial charge in [0, 0.05) is 24.6 Å². The van der Waals surface area contributed by atoms with Crippen molar-refractivity contribution in [2.45, 2.75) is 63.1 Å². The molecule has 1 saturated heterocycles. The maximum atomic E-state index is 13.0. The van der Waals surface area contributed by atoms with Gasteiger partial charge < -0.3 is 20.1 Å². The number of rotatable bonds is 6. The third kappa shape index (κ3) is 4.37. The summed E-state index contributed by atoms with van der Waals surface area (Å²) in [7, 11) is 0. The largest absolute Gasteiger partial charge is 0.493 e. The van der Waals surface area contributed by atoms with Crippen molar-refractivity contribution in [2.24, 2.45) is 5.92 Å². The molecule has 2 fully saturated rings. The lowest BCUT2D eigenvalue weighted by molar-refractivity contribution is -0.250. The molecule has 1 amide bonds. The maximum Gasteiger partial charge on any atom is 0.426 e. The molecular formula is C24H28F3N5O3. The molecule has 1 unspecified atom stereocenters. The van der Waals surface area contributed by atoms with E-state index in [1.165, 1.54) is 4.68 Å². The first-order valence-corrected chi connectivity index (χ1v) is 11.9. The summed E-state index contributed by atoms with van der Waals surface area (Å²) in [5.74, 6) is -0.300. The van der Waals surface area contributed by atoms with Crippen molar-refractivity contribution in [3.63, 3.8) is 0 Å². The van der Waals surface area contributed by atoms with E-state index in [0.717, 1.165) is 46.5 Å². The zero-order chi connectivity index (χ0) is 25.0. The molecule has 2 aromatic heterocycles. The van der Waals surface area contributed by atoms with Gasteiger partial charge >= 0.3 is 6.18 Å². The number of carbonyl (C=O) groups excluding carboxylic acids is 1. The Morgan fingerprint density at radius 1 is 1.17 bits per heavy atom. The van der Waals surface area contributed by atoms with Gasteiger partial charge in [-0.15, -0.1) is 0 Å². The maximum absolute atomic E-state index is 13.0. The molecule has 3 heterocycles. The second kappa shape index (κ2) is 8.54. The Morgan fingerprint density at radius 2 is 1.86 bits per heavy atom. The second-order valence-corrected chi connectivity index (χ2v) is 9.80. The van der Waals surface area contributed by atoms with Crippen LogP contribution in [0.1, 0.15) is 56.2 Å². The molecule has 0 bridgehead atoms. The number of benzene rings is 1. The van der Waals surface area contributed by atoms with Crippen LogP contribution in [0.25, 0.3) is 17.0 Å². The quantitative estimate of drug-likeness (QED) is 0.486. The van der Waals surface area contributed by atoms with Crippen LogP contribution in [0.5, 0.6) is 5.88 Å². The average molecular weight is 492 g/mol. The van der Waals surface area contributed by atoms with Gasteiger partial charge in [-0.3, -0.25) is 4.79 Å². The number of fused-ring (bicyclic) bond motifs is 1. The van der Waals surface area contributed by atoms with E-state index >= 15 is 0 Å². The Bertz CT molecular complexity index is 1200. The van der Waals surface area contributed by atoms with Crippen molar-refractivity contribution in [1.82, 2.24) is 24.6 Å². The highest BCUT2D eigenvalue weighted by atomic mass is 19.4. The van der Waals surface area contributed by atoms with Gasteiger partial charge in [-0.2, -0.15) is 23.0 Å². The normalized spacial score (nSPS) is 19.3. The monoisotopic (exact) mass is 491 g/mol. The average Bonchev–Trinajstić information content (AvgIpc) is 3.49. The fourth-order valence-electron chi connectivity index (χ4n) is 4.77. The van der Waals surface area contributed by atoms with Gasteiger partial charge in [-0.25, -0.2) is 4.98 Å². The third-order valence-electron chi connectivity index (χ3n) is 7.20. The Kier molecular flexibility index (Phi) is 5.77. The Morgan fingerprint density at radius 3 is 2.49 bits per heavy atom. The first-order valence-electron chi connectivity index (χ1n) is 11.9. The summed E-state index contributed by atoms with van der Waals surface area (Å²) >= 11 is 0. The van der Waals surface area contributed by atoms with E-state index in [1.807, 2.05) is 24.3 Å². The molecule has 188 valence electrons. The van der Waals surface area contributed by atoms with E-state index in [9.17, 15) is 28.2 Å². The molecule has 35 heavy (non-hydrogen) atoms. The van der Waals surface area contributed by atoms with Crippen molar-refractivity contribution in [2.75, 3.05) is 13.1 Å². The summed E-state index contributed by atoms with van der Waals surface area (Å²) in [5.41, 5.74) is -0.102. The van der Waals surface area contributed by atoms with Crippen LogP contribution >= 0.6 is 0 Å². The highest BCUT2D eigenvalue weighted by Crippen LogP contribution is 2.44. The molecular weight excluding hydrogens is 463 g/mol. The molecule has 1 saturated carbocycles. The highest BCUT2D eigenvalue weighted by Gasteiger charge is 2.57. The molecule has 8 nitrogen and oxygen atoms in total. The molecule has 2 aliphatic rings. The number of hydrogen-bond acceptors (Lipinski definition) is 5. The smallest absolute Gasteiger partial charge is 0.426 e. The second-order valence-electron chi connectivity index (χ2n) is 9.80. The molecule has 1 atom stereocenters. The van der Waals surface area contributed by atoms with Gasteiger partial charge in [0.25, 0.3) is 5.91 Å². The standard InChI is InChI=1S/C24H28F3N5O3/c1-23(35,24(25,26)27)21(34)31-12-10-14(11-13-31)6-9-16-19(15-7-8-15)30-32(20(16)33)22-28-17-4-2-3-5-18(17)29-22/h2-5,14-15,33,35H,6-13H2,1H3,(H,28,29). The van der Waals surface area contributed by atoms with Gasteiger partial charge in [0.05, 0.1) is 16.7 Å². The van der Waals surface area contributed by atoms with Crippen molar-refractivity contribution in [3.05, 3.63) is 35.5 Å². The summed E-state index contributed by atoms with van der Waals surface area (Å²) < 4.78 is 40.5. The van der Waals surface area contributed by atoms with Crippen LogP contribution in [0, 0.1) is 5.92 Å². The molecule has 3 N–H and O–H groups in total. The highest BCUT2D eigenvalue weighted by molar-refractivity contribution is 5.85. The number of nitrogens with one attached hydrogen (secondary N) is 1. The van der Waals surface area contributed by atoms with Crippen LogP contribution in [0.4, 0.5) is 13.2 Å². The van der Waals surface area contributed by atoms with Gasteiger partial charge in [-0.05, 0) is 63.5 Å². The summed E-state index contributed by atoms with van der Waals surface area (Å²) in [6.07, 6.45) is -0.606. The summed E-state index contributed by atoms with van der Waals surface area (Å²) in [6, 6.07) is 7.57. The van der Waals surface area contributed by atoms with Crippen molar-refractivity contribution in [3.8, 4) is 11.8 Å². The number of imidazole rings is 1. The van der Waals surface area contributed by atoms with E-state index in [0.29, 0.717) is 38.1 Å². The number of aliphatic hydroxyl groups is 1. The molecule has 1 aromatic carbocycles. The predicted octanol–water partition coefficient (Wildman–Crippen LogP) is 3.82. The Hall–Kier alpha value is -3.08. The number of halogens is 3. The summed E-state index contributed by atoms with van der Waals surface area (Å²) in [4.78, 5) is 21.0. The number of hydrogen-bond donors (Lipinski definition) is 3. The molecule has 0 spiro atoms. The number of aromatic nitrogens is 4. The van der Waals surface area contributed by atoms with E-state index in [4.69, 9.17) is 0 Å². The van der Waals surface area contributed by atoms with Crippen molar-refractivity contribution in [1.29, 1.82) is 0 Å². The minimum Gasteiger partial charge on any atom is -0.493 e. The Labute approximate surface area is 199 Å². The number of nitrogens with zero attached hydrogens (tertiary/aromatic N) is 4. The molecule has 1 aliphatic carbocycles. The van der Waals surface area contributed by atoms with E-state index in [1.54, 1.807) is 0 Å². The number of piperidine rings is 1. The van der Waals surface area contributed by atoms with Gasteiger partial charge in [-0.1, -0.05) is 12.1 Å². The first-order chi connectivity index (χ1) is 16.6. The van der Waals surface area contributed by atoms with Crippen LogP contribution < -0.4 is 0 Å². The number of amides is 1. The zero-order valence-electron chi connectivity index (χ0n) is 19.3. The number of alkyl halides is 3. The lowest BCUT2D eigenvalue weighted by Gasteiger charge is -2.36. The van der Waals surface area contributed by atoms with Crippen LogP contribution in [-0.2, 0) is 11.2 Å². The number of H-pyrrole nitrogens is 1. The van der Waals surface area contributed by atoms with Crippen molar-refractivity contribution < 1.29 is 28.2 Å². The van der Waals surface area contributed by atoms with E-state index in [-0.39, 0.29) is 24.9 Å². The fourth-order valence-corrected chi connectivity index (χ4v) is 4.77. The third-order valence-corrected chi connectivity index (χ3v) is 7.20. The lowest BCUT2D eigenvalue weighted by Crippen LogP contribution is -2.57. The predicted molar refractivity (Wildman–Crippen MR) is 121 cm³/mol. The number of likely N-dealkylation sites (tertiary alicyclic amines) is 1. The van der Waals surface area contributed by atoms with Crippen LogP contribution in [0.3, 0.4) is 0 Å². The van der Waals surface area contributed by atoms with Gasteiger partial charge in [0.1, 0.15) is 0 Å². The molecule has 0 radical (unpaired) electrons. The van der Waals surface area contributed by atoms with E-state index < -0.39 is 17.7 Å². The SMILES string of the molecule is CC(O)(C(=O)N1CCC(CCc2c(C3CC3)nn(-c3nc4ccccc4[nH]3)c2O)CC1)C(F)(F)F. The number of carbonyl (C=O) groups is 1. The molecule has 5 rings (SSSR count). The fraction of sp³-hybridized carbons (Fsp3) is 0.542. The zero-order valence-corrected chi connectivity index (χ0v) is 19.3. The lowest BCUT2D eigenvalue weighted by atomic mass is 9.89. The van der Waals surface area contributed by atoms with Gasteiger partial charge in [0.15, 0.2) is 0 Å². The van der Waals surface area contributed by atoms with Crippen LogP contribution in [0.15, 0.2) is 24.3 Å². The number of para-hydroxylation sites is 2. The van der Waals surface area contributed by atoms with Crippen molar-refractivity contribution >= 4 is 16.9 Å². The van der Waals surface area contributed by atoms with Crippen LogP contribution in [-0.4, -0.2) is 65.6 Å². The van der Waals surface area contributed by atoms with Gasteiger partial charge in [0.2, 0.25) is 17.4 Å². The first kappa shape index (κ1) is 23.7. The minimum absolute atomic E-state index is 0.0554. The van der Waals surface area contributed by atoms with Crippen LogP contribution in [0.2, 0.25) is 0 Å². The number of aromatic hydroxyl groups is 1. The number of aromatic amines is 1. The Balaban J connectivity index is 1.26. The topological polar surface area (TPSA) is 107 Å². The van der Waals surface area contributed by atoms with E-state index in [2.05, 4.69) is 15.1 Å². The molecule has 11 heteroatoms. The summed E-state index contributed by atoms with van der Waals surface area (Å²) in [5, 5.41) is 25.4. The minimum atomic E-state index is -5.02. The summed E-state index contributed by atoms with van der Waals surface area (Å²) in [6.45, 7) is 0.828. The molecule has 3 aromatic rings.